The van der Waals surface area contributed by atoms with E-state index >= 15 is 0 Å². The average Bonchev–Trinajstić information content (AvgIpc) is 2.70. The third-order valence-corrected chi connectivity index (χ3v) is 3.70. The van der Waals surface area contributed by atoms with Gasteiger partial charge in [0.15, 0.2) is 5.78 Å². The number of carbonyl (C=O) groups is 2. The molecule has 0 amide bonds. The second kappa shape index (κ2) is 8.71. The first-order chi connectivity index (χ1) is 12.5. The first-order valence-electron chi connectivity index (χ1n) is 7.74. The van der Waals surface area contributed by atoms with E-state index in [-0.39, 0.29) is 11.3 Å². The summed E-state index contributed by atoms with van der Waals surface area (Å²) in [7, 11) is 5.77. The van der Waals surface area contributed by atoms with Crippen LogP contribution in [0.1, 0.15) is 26.3 Å². The Kier molecular flexibility index (Phi) is 6.38. The molecule has 2 rings (SSSR count). The van der Waals surface area contributed by atoms with Crippen LogP contribution in [0.4, 0.5) is 0 Å². The molecule has 6 nitrogen and oxygen atoms in total. The van der Waals surface area contributed by atoms with Crippen LogP contribution in [0.2, 0.25) is 0 Å². The normalized spacial score (nSPS) is 10.5. The Morgan fingerprint density at radius 1 is 0.885 bits per heavy atom. The highest BCUT2D eigenvalue weighted by molar-refractivity contribution is 6.10. The smallest absolute Gasteiger partial charge is 0.337 e. The van der Waals surface area contributed by atoms with Gasteiger partial charge in [-0.05, 0) is 23.8 Å². The van der Waals surface area contributed by atoms with Crippen LogP contribution in [0, 0.1) is 0 Å². The minimum absolute atomic E-state index is 0.288. The summed E-state index contributed by atoms with van der Waals surface area (Å²) in [6, 6.07) is 9.99. The Balaban J connectivity index is 2.35. The van der Waals surface area contributed by atoms with E-state index in [4.69, 9.17) is 18.9 Å². The van der Waals surface area contributed by atoms with Gasteiger partial charge in [0.05, 0.1) is 34.0 Å². The lowest BCUT2D eigenvalue weighted by Gasteiger charge is -2.13. The van der Waals surface area contributed by atoms with E-state index in [9.17, 15) is 9.59 Å². The number of methoxy groups -OCH3 is 4. The molecule has 0 atom stereocenters. The predicted octanol–water partition coefficient (Wildman–Crippen LogP) is 3.40. The minimum atomic E-state index is -0.440. The van der Waals surface area contributed by atoms with Crippen LogP contribution in [0.25, 0.3) is 6.08 Å². The highest BCUT2D eigenvalue weighted by Gasteiger charge is 2.18. The maximum Gasteiger partial charge on any atom is 0.337 e. The Hall–Kier alpha value is -3.28. The number of ether oxygens (including phenoxy) is 4. The zero-order valence-corrected chi connectivity index (χ0v) is 15.1. The molecule has 0 unspecified atom stereocenters. The van der Waals surface area contributed by atoms with Crippen molar-refractivity contribution in [3.05, 3.63) is 59.2 Å². The molecule has 0 saturated heterocycles. The van der Waals surface area contributed by atoms with E-state index < -0.39 is 5.97 Å². The van der Waals surface area contributed by atoms with Crippen LogP contribution in [0.5, 0.6) is 17.2 Å². The van der Waals surface area contributed by atoms with Crippen molar-refractivity contribution in [2.75, 3.05) is 28.4 Å². The molecule has 136 valence electrons. The van der Waals surface area contributed by atoms with Crippen molar-refractivity contribution in [3.63, 3.8) is 0 Å². The molecule has 0 saturated carbocycles. The third-order valence-electron chi connectivity index (χ3n) is 3.70. The quantitative estimate of drug-likeness (QED) is 0.430. The van der Waals surface area contributed by atoms with Gasteiger partial charge in [-0.15, -0.1) is 0 Å². The Bertz CT molecular complexity index is 813. The van der Waals surface area contributed by atoms with E-state index in [1.165, 1.54) is 34.5 Å². The molecule has 2 aromatic carbocycles. The molecule has 2 aromatic rings. The molecule has 0 aliphatic carbocycles. The number of ketones is 1. The highest BCUT2D eigenvalue weighted by Crippen LogP contribution is 2.34. The maximum absolute atomic E-state index is 12.7. The van der Waals surface area contributed by atoms with Crippen LogP contribution in [-0.4, -0.2) is 40.2 Å². The van der Waals surface area contributed by atoms with Crippen molar-refractivity contribution in [3.8, 4) is 17.2 Å². The van der Waals surface area contributed by atoms with Gasteiger partial charge in [0.25, 0.3) is 0 Å². The fourth-order valence-electron chi connectivity index (χ4n) is 2.39. The van der Waals surface area contributed by atoms with Crippen molar-refractivity contribution in [1.82, 2.24) is 0 Å². The zero-order chi connectivity index (χ0) is 19.1. The summed E-state index contributed by atoms with van der Waals surface area (Å²) in [5.74, 6) is 0.471. The molecule has 26 heavy (non-hydrogen) atoms. The van der Waals surface area contributed by atoms with Crippen LogP contribution in [0.15, 0.2) is 42.5 Å². The van der Waals surface area contributed by atoms with Crippen molar-refractivity contribution in [2.24, 2.45) is 0 Å². The first kappa shape index (κ1) is 19.1. The Morgan fingerprint density at radius 2 is 1.54 bits per heavy atom. The van der Waals surface area contributed by atoms with E-state index in [0.717, 1.165) is 0 Å². The summed E-state index contributed by atoms with van der Waals surface area (Å²) < 4.78 is 20.5. The van der Waals surface area contributed by atoms with E-state index in [0.29, 0.717) is 28.4 Å². The van der Waals surface area contributed by atoms with Gasteiger partial charge >= 0.3 is 5.97 Å². The highest BCUT2D eigenvalue weighted by atomic mass is 16.5. The molecule has 0 bridgehead atoms. The fourth-order valence-corrected chi connectivity index (χ4v) is 2.39. The molecular weight excluding hydrogens is 336 g/mol. The molecule has 0 aliphatic rings. The van der Waals surface area contributed by atoms with Gasteiger partial charge in [0, 0.05) is 12.1 Å². The monoisotopic (exact) mass is 356 g/mol. The van der Waals surface area contributed by atoms with E-state index in [2.05, 4.69) is 0 Å². The topological polar surface area (TPSA) is 71.1 Å². The van der Waals surface area contributed by atoms with Crippen molar-refractivity contribution in [2.45, 2.75) is 0 Å². The van der Waals surface area contributed by atoms with Gasteiger partial charge in [0.1, 0.15) is 22.8 Å². The second-order valence-electron chi connectivity index (χ2n) is 5.22. The number of hydrogen-bond acceptors (Lipinski definition) is 6. The van der Waals surface area contributed by atoms with Crippen LogP contribution in [-0.2, 0) is 4.74 Å². The number of rotatable bonds is 7. The maximum atomic E-state index is 12.7. The number of hydrogen-bond donors (Lipinski definition) is 0. The lowest BCUT2D eigenvalue weighted by atomic mass is 10.1. The number of esters is 1. The first-order valence-corrected chi connectivity index (χ1v) is 7.74. The summed E-state index contributed by atoms with van der Waals surface area (Å²) in [4.78, 5) is 24.3. The molecule has 0 radical (unpaired) electrons. The summed E-state index contributed by atoms with van der Waals surface area (Å²) in [6.07, 6.45) is 3.00. The largest absolute Gasteiger partial charge is 0.496 e. The zero-order valence-electron chi connectivity index (χ0n) is 15.1. The number of carbonyl (C=O) groups excluding carboxylic acids is 2. The SMILES string of the molecule is COC(=O)c1cccc(/C=C/C(=O)c2c(OC)cc(OC)cc2OC)c1. The Morgan fingerprint density at radius 3 is 2.08 bits per heavy atom. The molecule has 0 spiro atoms. The van der Waals surface area contributed by atoms with Gasteiger partial charge < -0.3 is 18.9 Å². The molecular formula is C20H20O6. The summed E-state index contributed by atoms with van der Waals surface area (Å²) in [5.41, 5.74) is 1.38. The second-order valence-corrected chi connectivity index (χ2v) is 5.22. The van der Waals surface area contributed by atoms with Crippen molar-refractivity contribution in [1.29, 1.82) is 0 Å². The van der Waals surface area contributed by atoms with E-state index in [1.807, 2.05) is 0 Å². The molecule has 0 fully saturated rings. The van der Waals surface area contributed by atoms with E-state index in [1.54, 1.807) is 42.5 Å². The third kappa shape index (κ3) is 4.22. The van der Waals surface area contributed by atoms with Gasteiger partial charge in [-0.2, -0.15) is 0 Å². The van der Waals surface area contributed by atoms with Gasteiger partial charge in [-0.3, -0.25) is 4.79 Å². The average molecular weight is 356 g/mol. The number of benzene rings is 2. The molecule has 0 N–H and O–H groups in total. The Labute approximate surface area is 151 Å². The lowest BCUT2D eigenvalue weighted by Crippen LogP contribution is -2.03. The minimum Gasteiger partial charge on any atom is -0.496 e. The summed E-state index contributed by atoms with van der Waals surface area (Å²) in [5, 5.41) is 0. The summed E-state index contributed by atoms with van der Waals surface area (Å²) >= 11 is 0. The predicted molar refractivity (Wildman–Crippen MR) is 97.2 cm³/mol. The van der Waals surface area contributed by atoms with Crippen LogP contribution < -0.4 is 14.2 Å². The number of allylic oxidation sites excluding steroid dienone is 1. The van der Waals surface area contributed by atoms with Gasteiger partial charge in [0.2, 0.25) is 0 Å². The van der Waals surface area contributed by atoms with Crippen LogP contribution in [0.3, 0.4) is 0 Å². The van der Waals surface area contributed by atoms with Gasteiger partial charge in [-0.1, -0.05) is 18.2 Å². The fraction of sp³-hybridized carbons (Fsp3) is 0.200. The molecule has 0 aromatic heterocycles. The molecule has 0 aliphatic heterocycles. The molecule has 6 heteroatoms. The lowest BCUT2D eigenvalue weighted by molar-refractivity contribution is 0.0600. The summed E-state index contributed by atoms with van der Waals surface area (Å²) in [6.45, 7) is 0. The van der Waals surface area contributed by atoms with Crippen LogP contribution >= 0.6 is 0 Å². The molecule has 0 heterocycles. The standard InChI is InChI=1S/C20H20O6/c1-23-15-11-17(24-2)19(18(12-15)25-3)16(21)9-8-13-6-5-7-14(10-13)20(22)26-4/h5-12H,1-4H3/b9-8+. The van der Waals surface area contributed by atoms with Crippen molar-refractivity contribution < 1.29 is 28.5 Å². The van der Waals surface area contributed by atoms with Gasteiger partial charge in [-0.25, -0.2) is 4.79 Å². The van der Waals surface area contributed by atoms with Crippen molar-refractivity contribution >= 4 is 17.8 Å².